The third kappa shape index (κ3) is 2.26. The molecule has 5 nitrogen and oxygen atoms in total. The van der Waals surface area contributed by atoms with Gasteiger partial charge in [0.2, 0.25) is 0 Å². The van der Waals surface area contributed by atoms with Crippen LogP contribution in [0.2, 0.25) is 5.02 Å². The van der Waals surface area contributed by atoms with E-state index in [-0.39, 0.29) is 5.56 Å². The van der Waals surface area contributed by atoms with Crippen molar-refractivity contribution < 1.29 is 9.90 Å². The first-order valence-electron chi connectivity index (χ1n) is 5.63. The number of carboxylic acids is 1. The number of hydrogen-bond donors (Lipinski definition) is 1. The van der Waals surface area contributed by atoms with Crippen LogP contribution >= 0.6 is 11.6 Å². The largest absolute Gasteiger partial charge is 0.478 e. The third-order valence-corrected chi connectivity index (χ3v) is 3.27. The Kier molecular flexibility index (Phi) is 3.43. The van der Waals surface area contributed by atoms with Gasteiger partial charge >= 0.3 is 5.97 Å². The first-order valence-corrected chi connectivity index (χ1v) is 6.01. The SMILES string of the molecule is CCn1nc(C)c(Cl)c1Cn1ccc(C(=O)O)c1. The number of hydrogen-bond acceptors (Lipinski definition) is 2. The van der Waals surface area contributed by atoms with Crippen molar-refractivity contribution >= 4 is 17.6 Å². The summed E-state index contributed by atoms with van der Waals surface area (Å²) in [6, 6.07) is 1.57. The highest BCUT2D eigenvalue weighted by atomic mass is 35.5. The second-order valence-electron chi connectivity index (χ2n) is 4.04. The smallest absolute Gasteiger partial charge is 0.337 e. The van der Waals surface area contributed by atoms with Crippen LogP contribution in [0, 0.1) is 6.92 Å². The second kappa shape index (κ2) is 4.86. The molecule has 18 heavy (non-hydrogen) atoms. The van der Waals surface area contributed by atoms with Crippen molar-refractivity contribution in [3.63, 3.8) is 0 Å². The summed E-state index contributed by atoms with van der Waals surface area (Å²) in [5, 5.41) is 13.8. The molecule has 0 saturated heterocycles. The molecule has 0 saturated carbocycles. The Labute approximate surface area is 110 Å². The van der Waals surface area contributed by atoms with Gasteiger partial charge in [-0.2, -0.15) is 5.10 Å². The Morgan fingerprint density at radius 2 is 2.28 bits per heavy atom. The number of aromatic carboxylic acids is 1. The van der Waals surface area contributed by atoms with Gasteiger partial charge in [0.15, 0.2) is 0 Å². The van der Waals surface area contributed by atoms with Crippen LogP contribution in [0.1, 0.15) is 28.7 Å². The summed E-state index contributed by atoms with van der Waals surface area (Å²) in [6.07, 6.45) is 3.31. The van der Waals surface area contributed by atoms with Gasteiger partial charge in [-0.3, -0.25) is 4.68 Å². The lowest BCUT2D eigenvalue weighted by Crippen LogP contribution is -2.07. The third-order valence-electron chi connectivity index (χ3n) is 2.78. The maximum absolute atomic E-state index is 10.8. The van der Waals surface area contributed by atoms with Crippen LogP contribution in [0.3, 0.4) is 0 Å². The maximum Gasteiger partial charge on any atom is 0.337 e. The number of aromatic nitrogens is 3. The molecule has 0 radical (unpaired) electrons. The average Bonchev–Trinajstić information content (AvgIpc) is 2.89. The van der Waals surface area contributed by atoms with Gasteiger partial charge < -0.3 is 9.67 Å². The molecule has 96 valence electrons. The van der Waals surface area contributed by atoms with Gasteiger partial charge in [-0.1, -0.05) is 11.6 Å². The molecule has 0 bridgehead atoms. The van der Waals surface area contributed by atoms with Gasteiger partial charge in [-0.25, -0.2) is 4.79 Å². The van der Waals surface area contributed by atoms with Crippen molar-refractivity contribution in [2.24, 2.45) is 0 Å². The Hall–Kier alpha value is -1.75. The van der Waals surface area contributed by atoms with Gasteiger partial charge in [0.25, 0.3) is 0 Å². The standard InChI is InChI=1S/C12H14ClN3O2/c1-3-16-10(11(13)8(2)14-16)7-15-5-4-9(6-15)12(17)18/h4-6H,3,7H2,1-2H3,(H,17,18). The molecule has 0 amide bonds. The van der Waals surface area contributed by atoms with Crippen molar-refractivity contribution in [3.8, 4) is 0 Å². The summed E-state index contributed by atoms with van der Waals surface area (Å²) in [5.74, 6) is -0.931. The van der Waals surface area contributed by atoms with Gasteiger partial charge in [0, 0.05) is 18.9 Å². The minimum absolute atomic E-state index is 0.269. The number of aryl methyl sites for hydroxylation is 2. The Morgan fingerprint density at radius 1 is 1.56 bits per heavy atom. The van der Waals surface area contributed by atoms with Gasteiger partial charge in [0.05, 0.1) is 28.5 Å². The maximum atomic E-state index is 10.8. The van der Waals surface area contributed by atoms with E-state index >= 15 is 0 Å². The predicted octanol–water partition coefficient (Wildman–Crippen LogP) is 2.41. The number of carboxylic acid groups (broad SMARTS) is 1. The number of halogens is 1. The molecule has 6 heteroatoms. The van der Waals surface area contributed by atoms with E-state index in [1.807, 2.05) is 18.5 Å². The highest BCUT2D eigenvalue weighted by Crippen LogP contribution is 2.21. The van der Waals surface area contributed by atoms with Crippen molar-refractivity contribution in [2.75, 3.05) is 0 Å². The van der Waals surface area contributed by atoms with Crippen LogP contribution in [-0.2, 0) is 13.1 Å². The molecular weight excluding hydrogens is 254 g/mol. The Morgan fingerprint density at radius 3 is 2.83 bits per heavy atom. The van der Waals surface area contributed by atoms with Crippen molar-refractivity contribution in [1.29, 1.82) is 0 Å². The zero-order chi connectivity index (χ0) is 13.3. The molecule has 2 aromatic heterocycles. The van der Waals surface area contributed by atoms with E-state index in [4.69, 9.17) is 16.7 Å². The van der Waals surface area contributed by atoms with Crippen LogP contribution in [-0.4, -0.2) is 25.4 Å². The molecule has 0 aliphatic heterocycles. The molecule has 0 aliphatic carbocycles. The molecule has 0 aliphatic rings. The first kappa shape index (κ1) is 12.7. The molecule has 2 rings (SSSR count). The monoisotopic (exact) mass is 267 g/mol. The van der Waals surface area contributed by atoms with E-state index in [1.165, 1.54) is 0 Å². The summed E-state index contributed by atoms with van der Waals surface area (Å²) in [7, 11) is 0. The fourth-order valence-corrected chi connectivity index (χ4v) is 2.05. The molecular formula is C12H14ClN3O2. The topological polar surface area (TPSA) is 60.0 Å². The van der Waals surface area contributed by atoms with Gasteiger partial charge in [0.1, 0.15) is 0 Å². The lowest BCUT2D eigenvalue weighted by Gasteiger charge is -2.06. The lowest BCUT2D eigenvalue weighted by molar-refractivity contribution is 0.0697. The van der Waals surface area contributed by atoms with Crippen molar-refractivity contribution in [2.45, 2.75) is 26.9 Å². The Bertz CT molecular complexity index is 586. The van der Waals surface area contributed by atoms with E-state index in [1.54, 1.807) is 23.0 Å². The summed E-state index contributed by atoms with van der Waals surface area (Å²) in [5.41, 5.74) is 1.95. The van der Waals surface area contributed by atoms with E-state index < -0.39 is 5.97 Å². The minimum Gasteiger partial charge on any atom is -0.478 e. The van der Waals surface area contributed by atoms with Crippen molar-refractivity contribution in [1.82, 2.24) is 14.3 Å². The predicted molar refractivity (Wildman–Crippen MR) is 68.1 cm³/mol. The molecule has 0 atom stereocenters. The van der Waals surface area contributed by atoms with Gasteiger partial charge in [-0.15, -0.1) is 0 Å². The first-order chi connectivity index (χ1) is 8.52. The molecule has 0 spiro atoms. The fraction of sp³-hybridized carbons (Fsp3) is 0.333. The zero-order valence-electron chi connectivity index (χ0n) is 10.2. The van der Waals surface area contributed by atoms with Crippen LogP contribution < -0.4 is 0 Å². The zero-order valence-corrected chi connectivity index (χ0v) is 11.0. The van der Waals surface area contributed by atoms with Crippen molar-refractivity contribution in [3.05, 3.63) is 40.4 Å². The summed E-state index contributed by atoms with van der Waals surface area (Å²) in [6.45, 7) is 5.09. The van der Waals surface area contributed by atoms with Crippen LogP contribution in [0.15, 0.2) is 18.5 Å². The Balaban J connectivity index is 2.30. The highest BCUT2D eigenvalue weighted by Gasteiger charge is 2.13. The number of nitrogens with zero attached hydrogens (tertiary/aromatic N) is 3. The number of rotatable bonds is 4. The van der Waals surface area contributed by atoms with Crippen LogP contribution in [0.5, 0.6) is 0 Å². The molecule has 0 unspecified atom stereocenters. The highest BCUT2D eigenvalue weighted by molar-refractivity contribution is 6.31. The van der Waals surface area contributed by atoms with Gasteiger partial charge in [-0.05, 0) is 19.9 Å². The van der Waals surface area contributed by atoms with E-state index in [2.05, 4.69) is 5.10 Å². The summed E-state index contributed by atoms with van der Waals surface area (Å²) >= 11 is 6.20. The second-order valence-corrected chi connectivity index (χ2v) is 4.42. The minimum atomic E-state index is -0.931. The summed E-state index contributed by atoms with van der Waals surface area (Å²) < 4.78 is 3.62. The molecule has 2 heterocycles. The average molecular weight is 268 g/mol. The van der Waals surface area contributed by atoms with Crippen LogP contribution in [0.25, 0.3) is 0 Å². The van der Waals surface area contributed by atoms with E-state index in [0.29, 0.717) is 11.6 Å². The lowest BCUT2D eigenvalue weighted by atomic mass is 10.3. The van der Waals surface area contributed by atoms with E-state index in [0.717, 1.165) is 17.9 Å². The fourth-order valence-electron chi connectivity index (χ4n) is 1.86. The van der Waals surface area contributed by atoms with E-state index in [9.17, 15) is 4.79 Å². The molecule has 2 aromatic rings. The normalized spacial score (nSPS) is 10.8. The molecule has 0 fully saturated rings. The van der Waals surface area contributed by atoms with Crippen LogP contribution in [0.4, 0.5) is 0 Å². The summed E-state index contributed by atoms with van der Waals surface area (Å²) in [4.78, 5) is 10.8. The molecule has 1 N–H and O–H groups in total. The number of carbonyl (C=O) groups is 1. The molecule has 0 aromatic carbocycles. The quantitative estimate of drug-likeness (QED) is 0.925.